The number of fused-ring (bicyclic) bond motifs is 1. The van der Waals surface area contributed by atoms with Crippen LogP contribution >= 0.6 is 15.9 Å². The molecule has 0 nitrogen and oxygen atoms in total. The normalized spacial score (nSPS) is 18.1. The van der Waals surface area contributed by atoms with Crippen molar-refractivity contribution >= 4 is 21.5 Å². The van der Waals surface area contributed by atoms with E-state index in [1.807, 2.05) is 0 Å². The topological polar surface area (TPSA) is 0 Å². The molecule has 0 aliphatic heterocycles. The molecule has 0 spiro atoms. The minimum absolute atomic E-state index is 0.216. The molecule has 1 aliphatic carbocycles. The van der Waals surface area contributed by atoms with Gasteiger partial charge in [-0.2, -0.15) is 0 Å². The summed E-state index contributed by atoms with van der Waals surface area (Å²) in [5.41, 5.74) is 8.17. The molecule has 0 bridgehead atoms. The molecule has 0 saturated heterocycles. The van der Waals surface area contributed by atoms with Crippen LogP contribution in [0.3, 0.4) is 0 Å². The molecule has 24 heavy (non-hydrogen) atoms. The van der Waals surface area contributed by atoms with Crippen molar-refractivity contribution in [3.05, 3.63) is 75.3 Å². The number of hydrogen-bond donors (Lipinski definition) is 0. The Morgan fingerprint density at radius 3 is 1.96 bits per heavy atom. The van der Waals surface area contributed by atoms with E-state index in [9.17, 15) is 0 Å². The lowest BCUT2D eigenvalue weighted by atomic mass is 9.63. The van der Waals surface area contributed by atoms with Gasteiger partial charge in [0.15, 0.2) is 0 Å². The maximum absolute atomic E-state index is 4.39. The van der Waals surface area contributed by atoms with Crippen LogP contribution in [0.2, 0.25) is 0 Å². The van der Waals surface area contributed by atoms with Crippen LogP contribution in [0.4, 0.5) is 0 Å². The van der Waals surface area contributed by atoms with Crippen molar-refractivity contribution in [2.24, 2.45) is 0 Å². The van der Waals surface area contributed by atoms with Crippen molar-refractivity contribution in [2.45, 2.75) is 58.3 Å². The Hall–Kier alpha value is -1.34. The van der Waals surface area contributed by atoms with Gasteiger partial charge >= 0.3 is 0 Å². The lowest BCUT2D eigenvalue weighted by Gasteiger charge is -2.42. The summed E-state index contributed by atoms with van der Waals surface area (Å²) in [6, 6.07) is 13.4. The Bertz CT molecular complexity index is 792. The monoisotopic (exact) mass is 382 g/mol. The van der Waals surface area contributed by atoms with Gasteiger partial charge < -0.3 is 0 Å². The molecule has 0 radical (unpaired) electrons. The summed E-state index contributed by atoms with van der Waals surface area (Å²) in [6.07, 6.45) is 2.46. The first kappa shape index (κ1) is 17.5. The number of aryl methyl sites for hydroxylation is 1. The first-order valence-electron chi connectivity index (χ1n) is 8.73. The predicted octanol–water partition coefficient (Wildman–Crippen LogP) is 7.17. The summed E-state index contributed by atoms with van der Waals surface area (Å²) < 4.78 is 1.15. The van der Waals surface area contributed by atoms with E-state index in [-0.39, 0.29) is 10.8 Å². The maximum Gasteiger partial charge on any atom is 0.0256 e. The average molecular weight is 383 g/mol. The second kappa shape index (κ2) is 5.88. The molecule has 0 atom stereocenters. The molecule has 0 N–H and O–H groups in total. The van der Waals surface area contributed by atoms with Gasteiger partial charge in [0.25, 0.3) is 0 Å². The number of halogens is 1. The van der Waals surface area contributed by atoms with Crippen molar-refractivity contribution in [1.82, 2.24) is 0 Å². The van der Waals surface area contributed by atoms with E-state index in [0.29, 0.717) is 0 Å². The zero-order valence-electron chi connectivity index (χ0n) is 15.5. The van der Waals surface area contributed by atoms with Crippen LogP contribution in [0.25, 0.3) is 5.57 Å². The highest BCUT2D eigenvalue weighted by Crippen LogP contribution is 2.48. The van der Waals surface area contributed by atoms with Crippen LogP contribution in [0.15, 0.2) is 47.4 Å². The summed E-state index contributed by atoms with van der Waals surface area (Å²) >= 11 is 3.82. The van der Waals surface area contributed by atoms with E-state index in [0.717, 1.165) is 10.0 Å². The highest BCUT2D eigenvalue weighted by Gasteiger charge is 2.37. The number of hydrogen-bond acceptors (Lipinski definition) is 0. The minimum atomic E-state index is 0.216. The average Bonchev–Trinajstić information content (AvgIpc) is 2.52. The third-order valence-electron chi connectivity index (χ3n) is 5.67. The maximum atomic E-state index is 4.39. The van der Waals surface area contributed by atoms with Gasteiger partial charge in [0.2, 0.25) is 0 Å². The zero-order valence-corrected chi connectivity index (χ0v) is 17.0. The summed E-state index contributed by atoms with van der Waals surface area (Å²) in [7, 11) is 0. The standard InChI is InChI=1S/C23H27Br/c1-15-7-9-17(10-8-15)16(2)18-13-19-20(14-21(18)24)23(5,6)12-11-22(19,3)4/h7-10,13-14H,2,11-12H2,1,3-6H3. The molecule has 0 unspecified atom stereocenters. The molecule has 126 valence electrons. The van der Waals surface area contributed by atoms with Crippen LogP contribution in [0.5, 0.6) is 0 Å². The molecule has 0 amide bonds. The van der Waals surface area contributed by atoms with E-state index < -0.39 is 0 Å². The Labute approximate surface area is 155 Å². The molecule has 0 aromatic heterocycles. The Morgan fingerprint density at radius 1 is 0.917 bits per heavy atom. The van der Waals surface area contributed by atoms with Crippen molar-refractivity contribution in [3.8, 4) is 0 Å². The molecule has 0 saturated carbocycles. The highest BCUT2D eigenvalue weighted by atomic mass is 79.9. The summed E-state index contributed by atoms with van der Waals surface area (Å²) in [6.45, 7) is 16.0. The summed E-state index contributed by atoms with van der Waals surface area (Å²) in [5, 5.41) is 0. The van der Waals surface area contributed by atoms with Crippen LogP contribution in [-0.4, -0.2) is 0 Å². The van der Waals surface area contributed by atoms with E-state index in [2.05, 4.69) is 93.5 Å². The Kier molecular flexibility index (Phi) is 4.28. The molecule has 0 heterocycles. The minimum Gasteiger partial charge on any atom is -0.0905 e. The fourth-order valence-corrected chi connectivity index (χ4v) is 4.31. The molecule has 0 fully saturated rings. The molecular formula is C23H27Br. The van der Waals surface area contributed by atoms with Gasteiger partial charge in [0.05, 0.1) is 0 Å². The van der Waals surface area contributed by atoms with Crippen LogP contribution in [-0.2, 0) is 10.8 Å². The van der Waals surface area contributed by atoms with Crippen molar-refractivity contribution < 1.29 is 0 Å². The summed E-state index contributed by atoms with van der Waals surface area (Å²) in [4.78, 5) is 0. The smallest absolute Gasteiger partial charge is 0.0256 e. The van der Waals surface area contributed by atoms with Crippen molar-refractivity contribution in [3.63, 3.8) is 0 Å². The van der Waals surface area contributed by atoms with Crippen molar-refractivity contribution in [1.29, 1.82) is 0 Å². The van der Waals surface area contributed by atoms with E-state index in [1.165, 1.54) is 40.7 Å². The lowest BCUT2D eigenvalue weighted by Crippen LogP contribution is -2.34. The van der Waals surface area contributed by atoms with E-state index in [1.54, 1.807) is 0 Å². The zero-order chi connectivity index (χ0) is 17.7. The lowest BCUT2D eigenvalue weighted by molar-refractivity contribution is 0.331. The van der Waals surface area contributed by atoms with E-state index >= 15 is 0 Å². The van der Waals surface area contributed by atoms with Gasteiger partial charge in [-0.15, -0.1) is 0 Å². The summed E-state index contributed by atoms with van der Waals surface area (Å²) in [5.74, 6) is 0. The Morgan fingerprint density at radius 2 is 1.42 bits per heavy atom. The SMILES string of the molecule is C=C(c1ccc(C)cc1)c1cc2c(cc1Br)C(C)(C)CCC2(C)C. The molecular weight excluding hydrogens is 356 g/mol. The van der Waals surface area contributed by atoms with Gasteiger partial charge in [-0.05, 0) is 70.6 Å². The second-order valence-corrected chi connectivity index (χ2v) is 9.34. The van der Waals surface area contributed by atoms with Crippen LogP contribution in [0.1, 0.15) is 68.4 Å². The van der Waals surface area contributed by atoms with Gasteiger partial charge in [-0.25, -0.2) is 0 Å². The second-order valence-electron chi connectivity index (χ2n) is 8.49. The first-order valence-corrected chi connectivity index (χ1v) is 9.52. The van der Waals surface area contributed by atoms with Crippen LogP contribution in [0, 0.1) is 6.92 Å². The number of rotatable bonds is 2. The van der Waals surface area contributed by atoms with Gasteiger partial charge in [-0.3, -0.25) is 0 Å². The molecule has 3 rings (SSSR count). The largest absolute Gasteiger partial charge is 0.0905 e. The van der Waals surface area contributed by atoms with Gasteiger partial charge in [0.1, 0.15) is 0 Å². The van der Waals surface area contributed by atoms with Gasteiger partial charge in [-0.1, -0.05) is 80.0 Å². The van der Waals surface area contributed by atoms with Gasteiger partial charge in [0, 0.05) is 4.47 Å². The molecule has 1 aliphatic rings. The third-order valence-corrected chi connectivity index (χ3v) is 6.32. The fourth-order valence-electron chi connectivity index (χ4n) is 3.73. The molecule has 2 aromatic carbocycles. The predicted molar refractivity (Wildman–Crippen MR) is 109 cm³/mol. The molecule has 2 aromatic rings. The quantitative estimate of drug-likeness (QED) is 0.516. The van der Waals surface area contributed by atoms with Crippen molar-refractivity contribution in [2.75, 3.05) is 0 Å². The van der Waals surface area contributed by atoms with Crippen LogP contribution < -0.4 is 0 Å². The Balaban J connectivity index is 2.14. The number of benzene rings is 2. The fraction of sp³-hybridized carbons (Fsp3) is 0.391. The molecule has 1 heteroatoms. The third kappa shape index (κ3) is 2.99. The first-order chi connectivity index (χ1) is 11.1. The highest BCUT2D eigenvalue weighted by molar-refractivity contribution is 9.10. The van der Waals surface area contributed by atoms with E-state index in [4.69, 9.17) is 0 Å².